The van der Waals surface area contributed by atoms with Gasteiger partial charge in [-0.3, -0.25) is 0 Å². The van der Waals surface area contributed by atoms with Crippen LogP contribution in [0.1, 0.15) is 12.8 Å². The summed E-state index contributed by atoms with van der Waals surface area (Å²) in [5.74, 6) is 0. The zero-order chi connectivity index (χ0) is 6.24. The van der Waals surface area contributed by atoms with Crippen LogP contribution in [0.25, 0.3) is 0 Å². The van der Waals surface area contributed by atoms with Gasteiger partial charge in [0.15, 0.2) is 0 Å². The molecular formula is C5H9BrOZn. The summed E-state index contributed by atoms with van der Waals surface area (Å²) in [7, 11) is 0. The van der Waals surface area contributed by atoms with Crippen LogP contribution in [0.2, 0.25) is 0 Å². The molecule has 0 N–H and O–H groups in total. The Morgan fingerprint density at radius 2 is 1.75 bits per heavy atom. The van der Waals surface area contributed by atoms with Gasteiger partial charge in [0.05, 0.1) is 0 Å². The zero-order valence-electron chi connectivity index (χ0n) is 4.90. The van der Waals surface area contributed by atoms with Crippen molar-refractivity contribution in [1.29, 1.82) is 0 Å². The van der Waals surface area contributed by atoms with Crippen molar-refractivity contribution < 1.29 is 21.1 Å². The normalized spacial score (nSPS) is 18.9. The summed E-state index contributed by atoms with van der Waals surface area (Å²) in [5, 5.41) is 0. The predicted octanol–water partition coefficient (Wildman–Crippen LogP) is 1.84. The summed E-state index contributed by atoms with van der Waals surface area (Å²) in [6, 6.07) is 0. The summed E-state index contributed by atoms with van der Waals surface area (Å²) in [6.07, 6.45) is 4.57. The van der Waals surface area contributed by atoms with E-state index in [0.29, 0.717) is 0 Å². The van der Waals surface area contributed by atoms with Crippen LogP contribution in [-0.2, 0) is 21.1 Å². The minimum atomic E-state index is 0.944. The predicted molar refractivity (Wildman–Crippen MR) is 33.3 cm³/mol. The fraction of sp³-hybridized carbons (Fsp3) is 0.800. The first kappa shape index (κ1) is 9.06. The maximum absolute atomic E-state index is 5.04. The van der Waals surface area contributed by atoms with E-state index in [1.165, 1.54) is 16.3 Å². The molecule has 8 heavy (non-hydrogen) atoms. The van der Waals surface area contributed by atoms with Gasteiger partial charge in [-0.1, -0.05) is 0 Å². The van der Waals surface area contributed by atoms with E-state index >= 15 is 0 Å². The molecule has 0 bridgehead atoms. The molecular weight excluding hydrogens is 221 g/mol. The molecule has 0 radical (unpaired) electrons. The van der Waals surface area contributed by atoms with E-state index in [-0.39, 0.29) is 0 Å². The van der Waals surface area contributed by atoms with Crippen LogP contribution in [0.3, 0.4) is 0 Å². The van der Waals surface area contributed by atoms with E-state index in [9.17, 15) is 0 Å². The van der Waals surface area contributed by atoms with Gasteiger partial charge in [-0.05, 0) is 0 Å². The summed E-state index contributed by atoms with van der Waals surface area (Å²) >= 11 is 4.25. The second kappa shape index (κ2) is 8.06. The van der Waals surface area contributed by atoms with Crippen molar-refractivity contribution in [1.82, 2.24) is 0 Å². The monoisotopic (exact) mass is 228 g/mol. The average Bonchev–Trinajstić information content (AvgIpc) is 1.96. The van der Waals surface area contributed by atoms with Crippen LogP contribution < -0.4 is 0 Å². The molecule has 1 nitrogen and oxygen atoms in total. The van der Waals surface area contributed by atoms with Crippen molar-refractivity contribution in [3.8, 4) is 0 Å². The molecule has 0 atom stereocenters. The van der Waals surface area contributed by atoms with Gasteiger partial charge < -0.3 is 11.2 Å². The molecule has 0 aliphatic carbocycles. The van der Waals surface area contributed by atoms with Gasteiger partial charge in [-0.15, -0.1) is 0 Å². The first-order valence-electron chi connectivity index (χ1n) is 2.66. The Hall–Kier alpha value is 1.06. The van der Waals surface area contributed by atoms with Crippen molar-refractivity contribution in [3.05, 3.63) is 6.42 Å². The third-order valence-corrected chi connectivity index (χ3v) is 0.933. The molecule has 1 aliphatic heterocycles. The van der Waals surface area contributed by atoms with E-state index in [1.54, 1.807) is 0 Å². The molecule has 0 aromatic carbocycles. The third kappa shape index (κ3) is 5.20. The Kier molecular flexibility index (Phi) is 9.14. The number of ether oxygens (including phenoxy) is 1. The molecule has 1 saturated heterocycles. The van der Waals surface area contributed by atoms with E-state index in [4.69, 9.17) is 4.74 Å². The first-order valence-corrected chi connectivity index (χ1v) is 9.61. The fourth-order valence-electron chi connectivity index (χ4n) is 0.580. The van der Waals surface area contributed by atoms with Gasteiger partial charge in [0.2, 0.25) is 0 Å². The van der Waals surface area contributed by atoms with Crippen LogP contribution in [0.4, 0.5) is 0 Å². The summed E-state index contributed by atoms with van der Waals surface area (Å²) in [6.45, 7) is 1.89. The Morgan fingerprint density at radius 3 is 1.88 bits per heavy atom. The molecule has 1 fully saturated rings. The molecule has 0 aromatic rings. The van der Waals surface area contributed by atoms with E-state index < -0.39 is 0 Å². The molecule has 0 aromatic heterocycles. The van der Waals surface area contributed by atoms with Crippen LogP contribution in [0.5, 0.6) is 0 Å². The van der Waals surface area contributed by atoms with E-state index in [1.807, 2.05) is 0 Å². The molecule has 1 heterocycles. The Labute approximate surface area is 67.2 Å². The molecule has 0 spiro atoms. The van der Waals surface area contributed by atoms with Crippen LogP contribution in [0.15, 0.2) is 0 Å². The molecule has 0 unspecified atom stereocenters. The third-order valence-electron chi connectivity index (χ3n) is 0.933. The molecule has 0 amide bonds. The van der Waals surface area contributed by atoms with Crippen molar-refractivity contribution in [2.45, 2.75) is 12.8 Å². The van der Waals surface area contributed by atoms with Gasteiger partial charge in [0, 0.05) is 13.2 Å². The van der Waals surface area contributed by atoms with E-state index in [0.717, 1.165) is 26.1 Å². The average molecular weight is 230 g/mol. The SMILES string of the molecule is [CH-]1CCOCC1.[Zn+][Br]. The van der Waals surface area contributed by atoms with Crippen molar-refractivity contribution >= 4 is 13.6 Å². The Morgan fingerprint density at radius 1 is 1.25 bits per heavy atom. The van der Waals surface area contributed by atoms with Gasteiger partial charge in [-0.2, -0.15) is 12.8 Å². The van der Waals surface area contributed by atoms with Gasteiger partial charge in [0.25, 0.3) is 0 Å². The second-order valence-corrected chi connectivity index (χ2v) is 1.48. The van der Waals surface area contributed by atoms with Gasteiger partial charge in [-0.25, -0.2) is 0 Å². The van der Waals surface area contributed by atoms with Crippen LogP contribution >= 0.6 is 13.6 Å². The number of rotatable bonds is 0. The second-order valence-electron chi connectivity index (χ2n) is 1.48. The zero-order valence-corrected chi connectivity index (χ0v) is 9.45. The molecule has 3 heteroatoms. The molecule has 44 valence electrons. The Bertz CT molecular complexity index is 27.9. The van der Waals surface area contributed by atoms with Crippen molar-refractivity contribution in [2.24, 2.45) is 0 Å². The summed E-state index contributed by atoms with van der Waals surface area (Å²) in [5.41, 5.74) is 0. The van der Waals surface area contributed by atoms with Gasteiger partial charge in [0.1, 0.15) is 0 Å². The Balaban J connectivity index is 0.000000222. The number of hydrogen-bond donors (Lipinski definition) is 0. The van der Waals surface area contributed by atoms with Crippen molar-refractivity contribution in [2.75, 3.05) is 13.2 Å². The van der Waals surface area contributed by atoms with Crippen molar-refractivity contribution in [3.63, 3.8) is 0 Å². The van der Waals surface area contributed by atoms with Crippen LogP contribution in [-0.4, -0.2) is 13.2 Å². The molecule has 1 rings (SSSR count). The standard InChI is InChI=1S/C5H9O.BrH.Zn/c1-2-4-6-5-3-1;;/h1H,2-5H2;1H;/q-1;;+2/p-1. The summed E-state index contributed by atoms with van der Waals surface area (Å²) in [4.78, 5) is 0. The first-order chi connectivity index (χ1) is 4.00. The van der Waals surface area contributed by atoms with Crippen LogP contribution in [0, 0.1) is 6.42 Å². The minimum absolute atomic E-state index is 0.944. The number of hydrogen-bond acceptors (Lipinski definition) is 1. The number of halogens is 1. The van der Waals surface area contributed by atoms with Gasteiger partial charge >= 0.3 is 30.0 Å². The quantitative estimate of drug-likeness (QED) is 0.456. The van der Waals surface area contributed by atoms with E-state index in [2.05, 4.69) is 20.0 Å². The topological polar surface area (TPSA) is 9.23 Å². The maximum atomic E-state index is 5.04. The molecule has 1 aliphatic rings. The fourth-order valence-corrected chi connectivity index (χ4v) is 0.580. The summed E-state index contributed by atoms with van der Waals surface area (Å²) < 4.78 is 5.04. The molecule has 0 saturated carbocycles.